The second-order valence-corrected chi connectivity index (χ2v) is 4.44. The highest BCUT2D eigenvalue weighted by Crippen LogP contribution is 2.32. The molecule has 0 spiro atoms. The number of halogens is 1. The van der Waals surface area contributed by atoms with E-state index in [0.717, 1.165) is 12.7 Å². The molecular weight excluding hydrogens is 346 g/mol. The molecule has 2 rings (SSSR count). The molecule has 0 saturated carbocycles. The molecule has 1 heterocycles. The fourth-order valence-corrected chi connectivity index (χ4v) is 1.90. The number of benzene rings is 1. The Labute approximate surface area is 152 Å². The van der Waals surface area contributed by atoms with Gasteiger partial charge < -0.3 is 14.9 Å². The molecule has 0 bridgehead atoms. The van der Waals surface area contributed by atoms with Crippen molar-refractivity contribution in [2.75, 3.05) is 14.2 Å². The molecule has 136 valence electrons. The number of methoxy groups -OCH3 is 1. The molecule has 1 aromatic carbocycles. The van der Waals surface area contributed by atoms with E-state index in [4.69, 9.17) is 21.5 Å². The van der Waals surface area contributed by atoms with E-state index >= 15 is 0 Å². The SMILES string of the molecule is CC.CO.COC(=O)c1ccc(/C=C/C2=CC=[NH+]OC=C2)c(O)c1Cl. The van der Waals surface area contributed by atoms with Gasteiger partial charge in [0.2, 0.25) is 6.21 Å². The average molecular weight is 369 g/mol. The van der Waals surface area contributed by atoms with Gasteiger partial charge in [0.1, 0.15) is 5.75 Å². The van der Waals surface area contributed by atoms with E-state index < -0.39 is 5.97 Å². The highest BCUT2D eigenvalue weighted by molar-refractivity contribution is 6.35. The summed E-state index contributed by atoms with van der Waals surface area (Å²) in [5, 5.41) is 19.6. The number of aromatic hydroxyl groups is 1. The molecule has 6 nitrogen and oxygen atoms in total. The molecule has 0 amide bonds. The van der Waals surface area contributed by atoms with E-state index in [2.05, 4.69) is 9.89 Å². The molecule has 0 radical (unpaired) electrons. The highest BCUT2D eigenvalue weighted by Gasteiger charge is 2.15. The van der Waals surface area contributed by atoms with Gasteiger partial charge in [-0.1, -0.05) is 43.7 Å². The molecule has 1 aromatic rings. The number of aliphatic hydroxyl groups excluding tert-OH is 1. The van der Waals surface area contributed by atoms with Crippen molar-refractivity contribution in [3.8, 4) is 5.75 Å². The van der Waals surface area contributed by atoms with Crippen LogP contribution in [0.1, 0.15) is 29.8 Å². The van der Waals surface area contributed by atoms with E-state index in [1.54, 1.807) is 36.6 Å². The maximum atomic E-state index is 11.5. The van der Waals surface area contributed by atoms with Gasteiger partial charge in [-0.2, -0.15) is 0 Å². The first-order valence-electron chi connectivity index (χ1n) is 7.47. The largest absolute Gasteiger partial charge is 0.506 e. The first-order chi connectivity index (χ1) is 12.1. The molecule has 0 aromatic heterocycles. The first-order valence-corrected chi connectivity index (χ1v) is 7.85. The quantitative estimate of drug-likeness (QED) is 0.710. The summed E-state index contributed by atoms with van der Waals surface area (Å²) in [6.07, 6.45) is 10.1. The van der Waals surface area contributed by atoms with E-state index in [1.807, 2.05) is 13.8 Å². The minimum absolute atomic E-state index is 0.0362. The predicted molar refractivity (Wildman–Crippen MR) is 98.3 cm³/mol. The topological polar surface area (TPSA) is 90.0 Å². The lowest BCUT2D eigenvalue weighted by molar-refractivity contribution is -0.727. The first kappa shape index (κ1) is 22.4. The molecule has 0 saturated heterocycles. The number of esters is 1. The number of rotatable bonds is 3. The van der Waals surface area contributed by atoms with Crippen molar-refractivity contribution in [1.82, 2.24) is 0 Å². The molecule has 1 aliphatic rings. The zero-order valence-corrected chi connectivity index (χ0v) is 15.4. The summed E-state index contributed by atoms with van der Waals surface area (Å²) < 4.78 is 4.59. The number of ether oxygens (including phenoxy) is 1. The van der Waals surface area contributed by atoms with Crippen LogP contribution in [-0.4, -0.2) is 36.6 Å². The van der Waals surface area contributed by atoms with Gasteiger partial charge in [0.05, 0.1) is 17.7 Å². The molecule has 0 unspecified atom stereocenters. The second kappa shape index (κ2) is 12.8. The van der Waals surface area contributed by atoms with Crippen molar-refractivity contribution in [2.24, 2.45) is 0 Å². The number of nitrogens with one attached hydrogen (secondary N) is 1. The van der Waals surface area contributed by atoms with Crippen LogP contribution in [-0.2, 0) is 9.57 Å². The normalized spacial score (nSPS) is 12.0. The van der Waals surface area contributed by atoms with Crippen molar-refractivity contribution < 1.29 is 29.7 Å². The molecule has 25 heavy (non-hydrogen) atoms. The Morgan fingerprint density at radius 1 is 1.28 bits per heavy atom. The molecule has 7 heteroatoms. The highest BCUT2D eigenvalue weighted by atomic mass is 35.5. The third-order valence-electron chi connectivity index (χ3n) is 2.75. The molecule has 1 aliphatic heterocycles. The van der Waals surface area contributed by atoms with Crippen molar-refractivity contribution in [1.29, 1.82) is 0 Å². The standard InChI is InChI=1S/C15H12ClNO4.C2H6.CH4O/c1-20-15(19)12-5-4-11(14(18)13(12)16)3-2-10-6-8-17-21-9-7-10;2*1-2/h2-9,18H,1H3;1-2H3;2H,1H3/p+1/b3-2+;;. The van der Waals surface area contributed by atoms with Crippen LogP contribution in [0.5, 0.6) is 5.75 Å². The fraction of sp³-hybridized carbons (Fsp3) is 0.222. The van der Waals surface area contributed by atoms with E-state index in [-0.39, 0.29) is 16.3 Å². The number of hydrogen-bond acceptors (Lipinski definition) is 5. The maximum absolute atomic E-state index is 11.5. The lowest BCUT2D eigenvalue weighted by Gasteiger charge is -2.06. The summed E-state index contributed by atoms with van der Waals surface area (Å²) in [6, 6.07) is 3.09. The lowest BCUT2D eigenvalue weighted by Crippen LogP contribution is -2.65. The van der Waals surface area contributed by atoms with Gasteiger partial charge in [0.25, 0.3) is 0 Å². The Kier molecular flexibility index (Phi) is 11.5. The molecule has 0 atom stereocenters. The van der Waals surface area contributed by atoms with E-state index in [9.17, 15) is 9.90 Å². The van der Waals surface area contributed by atoms with Crippen molar-refractivity contribution in [2.45, 2.75) is 13.8 Å². The van der Waals surface area contributed by atoms with Crippen LogP contribution in [0.25, 0.3) is 6.08 Å². The van der Waals surface area contributed by atoms with Crippen molar-refractivity contribution in [3.05, 3.63) is 58.3 Å². The Morgan fingerprint density at radius 3 is 2.60 bits per heavy atom. The van der Waals surface area contributed by atoms with Gasteiger partial charge in [0.15, 0.2) is 6.26 Å². The Hall–Kier alpha value is -2.57. The van der Waals surface area contributed by atoms with Crippen molar-refractivity contribution in [3.63, 3.8) is 0 Å². The summed E-state index contributed by atoms with van der Waals surface area (Å²) >= 11 is 5.97. The number of allylic oxidation sites excluding steroid dienone is 4. The zero-order valence-electron chi connectivity index (χ0n) is 14.6. The van der Waals surface area contributed by atoms with Crippen LogP contribution < -0.4 is 5.16 Å². The van der Waals surface area contributed by atoms with Crippen molar-refractivity contribution >= 4 is 29.9 Å². The smallest absolute Gasteiger partial charge is 0.339 e. The fourth-order valence-electron chi connectivity index (χ4n) is 1.66. The summed E-state index contributed by atoms with van der Waals surface area (Å²) in [5.41, 5.74) is 1.46. The van der Waals surface area contributed by atoms with Crippen LogP contribution in [0.2, 0.25) is 5.02 Å². The number of aliphatic hydroxyl groups is 1. The average Bonchev–Trinajstić information content (AvgIpc) is 2.94. The monoisotopic (exact) mass is 368 g/mol. The van der Waals surface area contributed by atoms with Gasteiger partial charge in [-0.15, -0.1) is 0 Å². The number of hydrogen-bond donors (Lipinski definition) is 3. The molecule has 3 N–H and O–H groups in total. The number of phenolic OH excluding ortho intramolecular Hbond substituents is 1. The molecule has 0 aliphatic carbocycles. The summed E-state index contributed by atoms with van der Waals surface area (Å²) in [6.45, 7) is 4.00. The van der Waals surface area contributed by atoms with Crippen LogP contribution in [0.15, 0.2) is 42.2 Å². The summed E-state index contributed by atoms with van der Waals surface area (Å²) in [4.78, 5) is 16.3. The summed E-state index contributed by atoms with van der Waals surface area (Å²) in [5.74, 6) is -0.773. The minimum Gasteiger partial charge on any atom is -0.506 e. The zero-order chi connectivity index (χ0) is 19.2. The number of carbonyl (C=O) groups is 1. The summed E-state index contributed by atoms with van der Waals surface area (Å²) in [7, 11) is 2.25. The van der Waals surface area contributed by atoms with Gasteiger partial charge in [-0.25, -0.2) is 9.63 Å². The lowest BCUT2D eigenvalue weighted by atomic mass is 10.1. The van der Waals surface area contributed by atoms with Crippen LogP contribution >= 0.6 is 11.6 Å². The molecular formula is C18H23ClNO5+. The Bertz CT molecular complexity index is 678. The van der Waals surface area contributed by atoms with Crippen LogP contribution in [0.4, 0.5) is 0 Å². The minimum atomic E-state index is -0.599. The Morgan fingerprint density at radius 2 is 1.96 bits per heavy atom. The third-order valence-corrected chi connectivity index (χ3v) is 3.13. The number of carbonyl (C=O) groups excluding carboxylic acids is 1. The van der Waals surface area contributed by atoms with E-state index in [0.29, 0.717) is 5.56 Å². The predicted octanol–water partition coefficient (Wildman–Crippen LogP) is 2.02. The Balaban J connectivity index is 0.00000134. The van der Waals surface area contributed by atoms with E-state index in [1.165, 1.54) is 19.4 Å². The third kappa shape index (κ3) is 6.82. The van der Waals surface area contributed by atoms with Crippen LogP contribution in [0.3, 0.4) is 0 Å². The number of phenols is 1. The van der Waals surface area contributed by atoms with Gasteiger partial charge in [-0.3, -0.25) is 0 Å². The maximum Gasteiger partial charge on any atom is 0.339 e. The van der Waals surface area contributed by atoms with Gasteiger partial charge >= 0.3 is 5.97 Å². The molecule has 0 fully saturated rings. The second-order valence-electron chi connectivity index (χ2n) is 4.06. The van der Waals surface area contributed by atoms with Crippen LogP contribution in [0, 0.1) is 0 Å². The van der Waals surface area contributed by atoms with Gasteiger partial charge in [-0.05, 0) is 22.9 Å². The van der Waals surface area contributed by atoms with Gasteiger partial charge in [0, 0.05) is 18.7 Å².